The highest BCUT2D eigenvalue weighted by Gasteiger charge is 2.22. The summed E-state index contributed by atoms with van der Waals surface area (Å²) in [7, 11) is -4.22. The molecule has 5 heteroatoms. The molecule has 0 bridgehead atoms. The zero-order valence-corrected chi connectivity index (χ0v) is 9.95. The Kier molecular flexibility index (Phi) is 4.67. The third kappa shape index (κ3) is 4.17. The van der Waals surface area contributed by atoms with Crippen molar-refractivity contribution in [3.05, 3.63) is 35.4 Å². The molecule has 3 nitrogen and oxygen atoms in total. The maximum absolute atomic E-state index is 12.2. The molecule has 1 rings (SSSR count). The standard InChI is InChI=1S/C12H13FO3S/c1-2-10-3-5-11(6-4-10)9-12(7-8-13)17(14,15)16/h1,3-6,12H,7-9H2,(H,14,15,16). The molecule has 0 saturated carbocycles. The average Bonchev–Trinajstić information content (AvgIpc) is 2.28. The van der Waals surface area contributed by atoms with E-state index >= 15 is 0 Å². The Balaban J connectivity index is 2.83. The van der Waals surface area contributed by atoms with E-state index in [9.17, 15) is 12.8 Å². The van der Waals surface area contributed by atoms with Gasteiger partial charge in [-0.05, 0) is 30.5 Å². The van der Waals surface area contributed by atoms with Gasteiger partial charge in [-0.3, -0.25) is 8.94 Å². The van der Waals surface area contributed by atoms with Gasteiger partial charge in [-0.15, -0.1) is 6.42 Å². The van der Waals surface area contributed by atoms with Crippen LogP contribution in [0.1, 0.15) is 17.5 Å². The van der Waals surface area contributed by atoms with Crippen molar-refractivity contribution in [2.24, 2.45) is 0 Å². The zero-order valence-electron chi connectivity index (χ0n) is 9.14. The molecule has 0 saturated heterocycles. The lowest BCUT2D eigenvalue weighted by molar-refractivity contribution is 0.425. The minimum atomic E-state index is -4.22. The Morgan fingerprint density at radius 2 is 1.94 bits per heavy atom. The fourth-order valence-corrected chi connectivity index (χ4v) is 2.27. The Hall–Kier alpha value is -1.38. The van der Waals surface area contributed by atoms with E-state index in [0.717, 1.165) is 0 Å². The van der Waals surface area contributed by atoms with Crippen LogP contribution in [0.25, 0.3) is 0 Å². The second-order valence-corrected chi connectivity index (χ2v) is 5.36. The van der Waals surface area contributed by atoms with E-state index in [4.69, 9.17) is 11.0 Å². The van der Waals surface area contributed by atoms with E-state index in [-0.39, 0.29) is 12.8 Å². The molecule has 0 amide bonds. The molecule has 0 heterocycles. The summed E-state index contributed by atoms with van der Waals surface area (Å²) in [5, 5.41) is -1.11. The van der Waals surface area contributed by atoms with Crippen LogP contribution in [0.3, 0.4) is 0 Å². The fraction of sp³-hybridized carbons (Fsp3) is 0.333. The highest BCUT2D eigenvalue weighted by molar-refractivity contribution is 7.86. The molecule has 0 aliphatic carbocycles. The Morgan fingerprint density at radius 3 is 2.35 bits per heavy atom. The summed E-state index contributed by atoms with van der Waals surface area (Å²) in [6.07, 6.45) is 5.05. The van der Waals surface area contributed by atoms with E-state index in [1.54, 1.807) is 24.3 Å². The number of halogens is 1. The maximum Gasteiger partial charge on any atom is 0.268 e. The number of terminal acetylenes is 1. The van der Waals surface area contributed by atoms with Gasteiger partial charge in [0, 0.05) is 5.56 Å². The molecule has 0 aliphatic heterocycles. The second-order valence-electron chi connectivity index (χ2n) is 3.66. The van der Waals surface area contributed by atoms with Crippen molar-refractivity contribution < 1.29 is 17.4 Å². The topological polar surface area (TPSA) is 54.4 Å². The van der Waals surface area contributed by atoms with Crippen LogP contribution in [-0.4, -0.2) is 24.9 Å². The van der Waals surface area contributed by atoms with Crippen molar-refractivity contribution in [2.45, 2.75) is 18.1 Å². The van der Waals surface area contributed by atoms with Gasteiger partial charge in [0.2, 0.25) is 0 Å². The van der Waals surface area contributed by atoms with E-state index in [1.165, 1.54) is 0 Å². The first-order valence-electron chi connectivity index (χ1n) is 5.05. The monoisotopic (exact) mass is 256 g/mol. The Bertz CT molecular complexity index is 500. The largest absolute Gasteiger partial charge is 0.285 e. The summed E-state index contributed by atoms with van der Waals surface area (Å²) in [5.41, 5.74) is 1.38. The molecule has 92 valence electrons. The van der Waals surface area contributed by atoms with E-state index < -0.39 is 22.0 Å². The summed E-state index contributed by atoms with van der Waals surface area (Å²) in [5.74, 6) is 2.44. The molecule has 1 aromatic carbocycles. The van der Waals surface area contributed by atoms with Gasteiger partial charge in [0.15, 0.2) is 0 Å². The van der Waals surface area contributed by atoms with E-state index in [0.29, 0.717) is 11.1 Å². The maximum atomic E-state index is 12.2. The SMILES string of the molecule is C#Cc1ccc(CC(CCF)S(=O)(=O)O)cc1. The fourth-order valence-electron chi connectivity index (χ4n) is 1.48. The molecule has 1 unspecified atom stereocenters. The number of hydrogen-bond acceptors (Lipinski definition) is 2. The molecule has 1 atom stereocenters. The smallest absolute Gasteiger partial charge is 0.268 e. The lowest BCUT2D eigenvalue weighted by Crippen LogP contribution is -2.23. The van der Waals surface area contributed by atoms with Gasteiger partial charge < -0.3 is 0 Å². The van der Waals surface area contributed by atoms with Gasteiger partial charge in [-0.25, -0.2) is 0 Å². The van der Waals surface area contributed by atoms with Crippen molar-refractivity contribution in [3.63, 3.8) is 0 Å². The minimum Gasteiger partial charge on any atom is -0.285 e. The predicted molar refractivity (Wildman–Crippen MR) is 64.0 cm³/mol. The van der Waals surface area contributed by atoms with Crippen molar-refractivity contribution in [1.29, 1.82) is 0 Å². The number of alkyl halides is 1. The van der Waals surface area contributed by atoms with Crippen molar-refractivity contribution in [1.82, 2.24) is 0 Å². The van der Waals surface area contributed by atoms with Gasteiger partial charge >= 0.3 is 0 Å². The van der Waals surface area contributed by atoms with Crippen LogP contribution in [-0.2, 0) is 16.5 Å². The Labute approximate surface area is 100 Å². The normalized spacial score (nSPS) is 13.0. The van der Waals surface area contributed by atoms with Gasteiger partial charge in [0.25, 0.3) is 10.1 Å². The average molecular weight is 256 g/mol. The summed E-state index contributed by atoms with van der Waals surface area (Å²) in [6.45, 7) is -0.785. The first kappa shape index (κ1) is 13.7. The molecule has 1 N–H and O–H groups in total. The molecule has 0 aliphatic rings. The zero-order chi connectivity index (χ0) is 12.9. The van der Waals surface area contributed by atoms with Crippen molar-refractivity contribution in [2.75, 3.05) is 6.67 Å². The van der Waals surface area contributed by atoms with Crippen LogP contribution in [0.4, 0.5) is 4.39 Å². The van der Waals surface area contributed by atoms with Crippen molar-refractivity contribution >= 4 is 10.1 Å². The lowest BCUT2D eigenvalue weighted by atomic mass is 10.1. The quantitative estimate of drug-likeness (QED) is 0.646. The van der Waals surface area contributed by atoms with Crippen molar-refractivity contribution in [3.8, 4) is 12.3 Å². The Morgan fingerprint density at radius 1 is 1.35 bits per heavy atom. The first-order chi connectivity index (χ1) is 7.97. The van der Waals surface area contributed by atoms with Crippen LogP contribution >= 0.6 is 0 Å². The number of hydrogen-bond donors (Lipinski definition) is 1. The molecule has 0 radical (unpaired) electrons. The van der Waals surface area contributed by atoms with E-state index in [1.807, 2.05) is 0 Å². The van der Waals surface area contributed by atoms with Gasteiger partial charge in [-0.1, -0.05) is 18.1 Å². The minimum absolute atomic E-state index is 0.0770. The first-order valence-corrected chi connectivity index (χ1v) is 6.55. The molecule has 0 fully saturated rings. The third-order valence-corrected chi connectivity index (χ3v) is 3.68. The summed E-state index contributed by atoms with van der Waals surface area (Å²) < 4.78 is 43.1. The predicted octanol–water partition coefficient (Wildman–Crippen LogP) is 1.83. The molecule has 0 spiro atoms. The highest BCUT2D eigenvalue weighted by atomic mass is 32.2. The molecular weight excluding hydrogens is 243 g/mol. The third-order valence-electron chi connectivity index (χ3n) is 2.44. The summed E-state index contributed by atoms with van der Waals surface area (Å²) in [4.78, 5) is 0. The molecule has 1 aromatic rings. The van der Waals surface area contributed by atoms with E-state index in [2.05, 4.69) is 5.92 Å². The van der Waals surface area contributed by atoms with Crippen LogP contribution < -0.4 is 0 Å². The van der Waals surface area contributed by atoms with Gasteiger partial charge in [-0.2, -0.15) is 8.42 Å². The van der Waals surface area contributed by atoms with Crippen LogP contribution in [0, 0.1) is 12.3 Å². The lowest BCUT2D eigenvalue weighted by Gasteiger charge is -2.11. The number of rotatable bonds is 5. The van der Waals surface area contributed by atoms with Gasteiger partial charge in [0.05, 0.1) is 11.9 Å². The summed E-state index contributed by atoms with van der Waals surface area (Å²) >= 11 is 0. The van der Waals surface area contributed by atoms with Crippen LogP contribution in [0.15, 0.2) is 24.3 Å². The summed E-state index contributed by atoms with van der Waals surface area (Å²) in [6, 6.07) is 6.69. The molecular formula is C12H13FO3S. The van der Waals surface area contributed by atoms with Gasteiger partial charge in [0.1, 0.15) is 0 Å². The number of benzene rings is 1. The molecule has 0 aromatic heterocycles. The van der Waals surface area contributed by atoms with Crippen LogP contribution in [0.2, 0.25) is 0 Å². The second kappa shape index (κ2) is 5.80. The van der Waals surface area contributed by atoms with Crippen LogP contribution in [0.5, 0.6) is 0 Å². The highest BCUT2D eigenvalue weighted by Crippen LogP contribution is 2.13. The molecule has 17 heavy (non-hydrogen) atoms.